The van der Waals surface area contributed by atoms with Crippen LogP contribution in [0.2, 0.25) is 0 Å². The second kappa shape index (κ2) is 7.08. The molecule has 0 aliphatic carbocycles. The topological polar surface area (TPSA) is 50.8 Å². The van der Waals surface area contributed by atoms with Gasteiger partial charge >= 0.3 is 0 Å². The molecule has 0 spiro atoms. The van der Waals surface area contributed by atoms with Crippen molar-refractivity contribution < 1.29 is 14.3 Å². The van der Waals surface area contributed by atoms with Gasteiger partial charge in [-0.2, -0.15) is 0 Å². The van der Waals surface area contributed by atoms with Crippen molar-refractivity contribution in [1.82, 2.24) is 4.90 Å². The fourth-order valence-corrected chi connectivity index (χ4v) is 4.58. The van der Waals surface area contributed by atoms with Crippen molar-refractivity contribution in [3.05, 3.63) is 64.7 Å². The first-order chi connectivity index (χ1) is 13.7. The first-order valence-corrected chi connectivity index (χ1v) is 9.87. The zero-order valence-corrected chi connectivity index (χ0v) is 16.0. The van der Waals surface area contributed by atoms with Crippen molar-refractivity contribution in [2.45, 2.75) is 32.0 Å². The monoisotopic (exact) mass is 376 g/mol. The van der Waals surface area contributed by atoms with Crippen LogP contribution >= 0.6 is 0 Å². The lowest BCUT2D eigenvalue weighted by molar-refractivity contribution is -0.110. The van der Waals surface area contributed by atoms with Crippen LogP contribution in [0.3, 0.4) is 0 Å². The first-order valence-electron chi connectivity index (χ1n) is 9.87. The number of nitrogens with zero attached hydrogens (tertiary/aromatic N) is 1. The van der Waals surface area contributed by atoms with Gasteiger partial charge in [-0.05, 0) is 31.0 Å². The van der Waals surface area contributed by atoms with Crippen LogP contribution in [0, 0.1) is 0 Å². The minimum Gasteiger partial charge on any atom is -0.487 e. The van der Waals surface area contributed by atoms with Gasteiger partial charge in [0.1, 0.15) is 12.4 Å². The van der Waals surface area contributed by atoms with Gasteiger partial charge in [0.15, 0.2) is 0 Å². The molecule has 1 unspecified atom stereocenters. The summed E-state index contributed by atoms with van der Waals surface area (Å²) in [7, 11) is 1.77. The summed E-state index contributed by atoms with van der Waals surface area (Å²) < 4.78 is 11.4. The number of nitrogens with one attached hydrogen (secondary N) is 1. The Balaban J connectivity index is 1.44. The lowest BCUT2D eigenvalue weighted by Crippen LogP contribution is -2.32. The Morgan fingerprint density at radius 3 is 3.00 bits per heavy atom. The molecule has 0 radical (unpaired) electrons. The van der Waals surface area contributed by atoms with Gasteiger partial charge in [0.2, 0.25) is 0 Å². The Kier molecular flexibility index (Phi) is 4.41. The number of benzene rings is 2. The Bertz CT molecular complexity index is 966. The Labute approximate surface area is 164 Å². The number of anilines is 1. The average Bonchev–Trinajstić information content (AvgIpc) is 3.39. The fourth-order valence-electron chi connectivity index (χ4n) is 4.58. The van der Waals surface area contributed by atoms with E-state index in [9.17, 15) is 4.79 Å². The number of carbonyl (C=O) groups excluding carboxylic acids is 1. The van der Waals surface area contributed by atoms with E-state index < -0.39 is 0 Å². The third kappa shape index (κ3) is 2.91. The molecule has 3 heterocycles. The summed E-state index contributed by atoms with van der Waals surface area (Å²) in [6, 6.07) is 14.8. The maximum Gasteiger partial charge on any atom is 0.260 e. The van der Waals surface area contributed by atoms with E-state index in [-0.39, 0.29) is 5.91 Å². The van der Waals surface area contributed by atoms with E-state index in [1.54, 1.807) is 7.11 Å². The number of hydrogen-bond acceptors (Lipinski definition) is 4. The Hall–Kier alpha value is -2.63. The van der Waals surface area contributed by atoms with Gasteiger partial charge < -0.3 is 14.8 Å². The van der Waals surface area contributed by atoms with Gasteiger partial charge in [-0.3, -0.25) is 9.69 Å². The van der Waals surface area contributed by atoms with Gasteiger partial charge in [0, 0.05) is 42.1 Å². The molecule has 1 atom stereocenters. The molecule has 0 bridgehead atoms. The van der Waals surface area contributed by atoms with Crippen molar-refractivity contribution in [3.63, 3.8) is 0 Å². The van der Waals surface area contributed by atoms with E-state index in [1.807, 2.05) is 24.3 Å². The van der Waals surface area contributed by atoms with Gasteiger partial charge in [-0.25, -0.2) is 0 Å². The highest BCUT2D eigenvalue weighted by Crippen LogP contribution is 2.41. The maximum absolute atomic E-state index is 12.6. The van der Waals surface area contributed by atoms with Crippen LogP contribution in [0.4, 0.5) is 5.69 Å². The summed E-state index contributed by atoms with van der Waals surface area (Å²) in [4.78, 5) is 15.1. The molecular weight excluding hydrogens is 352 g/mol. The normalized spacial score (nSPS) is 23.5. The van der Waals surface area contributed by atoms with Crippen LogP contribution in [0.1, 0.15) is 35.1 Å². The number of amides is 1. The highest BCUT2D eigenvalue weighted by atomic mass is 16.5. The molecule has 1 fully saturated rings. The zero-order valence-electron chi connectivity index (χ0n) is 16.0. The van der Waals surface area contributed by atoms with Gasteiger partial charge in [-0.1, -0.05) is 36.4 Å². The minimum absolute atomic E-state index is 0.0902. The van der Waals surface area contributed by atoms with E-state index in [4.69, 9.17) is 9.47 Å². The molecule has 0 saturated carbocycles. The van der Waals surface area contributed by atoms with E-state index in [2.05, 4.69) is 28.4 Å². The first kappa shape index (κ1) is 17.5. The van der Waals surface area contributed by atoms with Crippen LogP contribution in [0.15, 0.2) is 42.5 Å². The van der Waals surface area contributed by atoms with Crippen LogP contribution in [0.5, 0.6) is 0 Å². The Morgan fingerprint density at radius 1 is 1.21 bits per heavy atom. The van der Waals surface area contributed by atoms with Gasteiger partial charge in [0.05, 0.1) is 12.2 Å². The van der Waals surface area contributed by atoms with Crippen LogP contribution in [-0.4, -0.2) is 37.1 Å². The van der Waals surface area contributed by atoms with Gasteiger partial charge in [0.25, 0.3) is 5.91 Å². The predicted octanol–water partition coefficient (Wildman–Crippen LogP) is 3.65. The second-order valence-electron chi connectivity index (χ2n) is 7.71. The van der Waals surface area contributed by atoms with Crippen molar-refractivity contribution in [1.29, 1.82) is 0 Å². The molecular formula is C23H24N2O3. The van der Waals surface area contributed by atoms with Gasteiger partial charge in [-0.15, -0.1) is 0 Å². The second-order valence-corrected chi connectivity index (χ2v) is 7.71. The molecule has 28 heavy (non-hydrogen) atoms. The summed E-state index contributed by atoms with van der Waals surface area (Å²) >= 11 is 0. The lowest BCUT2D eigenvalue weighted by atomic mass is 9.99. The number of fused-ring (bicyclic) bond motifs is 2. The van der Waals surface area contributed by atoms with E-state index in [1.165, 1.54) is 18.4 Å². The maximum atomic E-state index is 12.6. The molecule has 1 saturated heterocycles. The fraction of sp³-hybridized carbons (Fsp3) is 0.348. The minimum atomic E-state index is -0.0902. The molecule has 1 amide bonds. The molecule has 3 aliphatic rings. The molecule has 3 aliphatic heterocycles. The van der Waals surface area contributed by atoms with Crippen LogP contribution in [0.25, 0.3) is 11.3 Å². The Morgan fingerprint density at radius 2 is 2.11 bits per heavy atom. The van der Waals surface area contributed by atoms with Crippen molar-refractivity contribution >= 4 is 22.9 Å². The highest BCUT2D eigenvalue weighted by Gasteiger charge is 2.32. The zero-order chi connectivity index (χ0) is 19.1. The number of likely N-dealkylation sites (tertiary alicyclic amines) is 1. The lowest BCUT2D eigenvalue weighted by Gasteiger charge is -2.24. The smallest absolute Gasteiger partial charge is 0.260 e. The molecule has 5 rings (SSSR count). The number of carbonyl (C=O) groups is 1. The largest absolute Gasteiger partial charge is 0.487 e. The molecule has 1 N–H and O–H groups in total. The summed E-state index contributed by atoms with van der Waals surface area (Å²) in [5, 5.41) is 2.94. The molecule has 2 aromatic rings. The quantitative estimate of drug-likeness (QED) is 0.828. The third-order valence-corrected chi connectivity index (χ3v) is 5.93. The third-order valence-electron chi connectivity index (χ3n) is 5.93. The molecule has 0 aromatic heterocycles. The molecule has 5 nitrogen and oxygen atoms in total. The highest BCUT2D eigenvalue weighted by molar-refractivity contribution is 6.36. The summed E-state index contributed by atoms with van der Waals surface area (Å²) in [6.45, 7) is 3.35. The number of ether oxygens (including phenoxy) is 2. The number of methoxy groups -OCH3 is 1. The number of para-hydroxylation sites is 1. The van der Waals surface area contributed by atoms with E-state index >= 15 is 0 Å². The summed E-state index contributed by atoms with van der Waals surface area (Å²) in [5.41, 5.74) is 5.87. The van der Waals surface area contributed by atoms with E-state index in [0.717, 1.165) is 42.1 Å². The standard InChI is InChI=1S/C23H24N2O3/c1-27-14-17-5-4-10-25(17)12-15-8-9-18-16(11-15)13-28-22(18)21-19-6-2-3-7-20(19)24-23(21)26/h2-3,6-9,11,17H,4-5,10,12-14H2,1H3,(H,24,26)/b22-21+. The van der Waals surface area contributed by atoms with Crippen LogP contribution < -0.4 is 5.32 Å². The number of rotatable bonds is 4. The summed E-state index contributed by atoms with van der Waals surface area (Å²) in [6.07, 6.45) is 2.43. The molecule has 5 heteroatoms. The van der Waals surface area contributed by atoms with E-state index in [0.29, 0.717) is 24.0 Å². The summed E-state index contributed by atoms with van der Waals surface area (Å²) in [5.74, 6) is 0.607. The van der Waals surface area contributed by atoms with Crippen LogP contribution in [-0.2, 0) is 27.4 Å². The SMILES string of the molecule is COCC1CCCN1Cc1ccc2c(c1)CO/C2=C1/C(=O)Nc2ccccc21. The number of hydrogen-bond donors (Lipinski definition) is 1. The predicted molar refractivity (Wildman–Crippen MR) is 108 cm³/mol. The van der Waals surface area contributed by atoms with Crippen molar-refractivity contribution in [3.8, 4) is 0 Å². The average molecular weight is 376 g/mol. The molecule has 2 aromatic carbocycles. The molecule has 144 valence electrons. The van der Waals surface area contributed by atoms with Crippen molar-refractivity contribution in [2.75, 3.05) is 25.6 Å². The van der Waals surface area contributed by atoms with Crippen molar-refractivity contribution in [2.24, 2.45) is 0 Å².